The van der Waals surface area contributed by atoms with Gasteiger partial charge in [-0.25, -0.2) is 4.98 Å². The van der Waals surface area contributed by atoms with Crippen molar-refractivity contribution in [2.45, 2.75) is 26.0 Å². The number of thiazole rings is 1. The van der Waals surface area contributed by atoms with Crippen molar-refractivity contribution in [3.05, 3.63) is 15.6 Å². The first-order valence-corrected chi connectivity index (χ1v) is 6.42. The molecule has 1 aromatic heterocycles. The first-order chi connectivity index (χ1) is 8.11. The molecular weight excluding hydrogens is 238 g/mol. The highest BCUT2D eigenvalue weighted by Gasteiger charge is 2.29. The predicted molar refractivity (Wildman–Crippen MR) is 66.5 cm³/mol. The molecule has 1 aromatic rings. The van der Waals surface area contributed by atoms with E-state index in [9.17, 15) is 4.79 Å². The normalized spacial score (nSPS) is 23.9. The molecular formula is C11H17N3O2S. The molecule has 6 heteroatoms. The van der Waals surface area contributed by atoms with Crippen molar-refractivity contribution in [2.24, 2.45) is 0 Å². The number of methoxy groups -OCH3 is 1. The molecule has 2 N–H and O–H groups in total. The van der Waals surface area contributed by atoms with Gasteiger partial charge in [0.15, 0.2) is 0 Å². The van der Waals surface area contributed by atoms with Crippen LogP contribution in [-0.4, -0.2) is 43.2 Å². The number of aromatic nitrogens is 1. The van der Waals surface area contributed by atoms with Crippen molar-refractivity contribution >= 4 is 17.2 Å². The first kappa shape index (κ1) is 12.5. The first-order valence-electron chi connectivity index (χ1n) is 5.60. The highest BCUT2D eigenvalue weighted by Crippen LogP contribution is 2.17. The van der Waals surface area contributed by atoms with Crippen LogP contribution in [0.1, 0.15) is 20.4 Å². The zero-order valence-electron chi connectivity index (χ0n) is 10.2. The lowest BCUT2D eigenvalue weighted by Crippen LogP contribution is -2.43. The number of rotatable bonds is 3. The minimum Gasteiger partial charge on any atom is -0.378 e. The smallest absolute Gasteiger partial charge is 0.263 e. The third-order valence-electron chi connectivity index (χ3n) is 2.89. The lowest BCUT2D eigenvalue weighted by molar-refractivity contribution is 0.0782. The highest BCUT2D eigenvalue weighted by atomic mass is 32.1. The third-order valence-corrected chi connectivity index (χ3v) is 3.96. The van der Waals surface area contributed by atoms with Crippen LogP contribution in [0.5, 0.6) is 0 Å². The predicted octanol–water partition coefficient (Wildman–Crippen LogP) is 0.477. The average molecular weight is 255 g/mol. The topological polar surface area (TPSA) is 63.2 Å². The quantitative estimate of drug-likeness (QED) is 0.824. The summed E-state index contributed by atoms with van der Waals surface area (Å²) in [5.41, 5.74) is 0.796. The number of aryl methyl sites for hydroxylation is 2. The van der Waals surface area contributed by atoms with Crippen LogP contribution in [0.3, 0.4) is 0 Å². The van der Waals surface area contributed by atoms with Crippen molar-refractivity contribution in [2.75, 3.05) is 20.2 Å². The van der Waals surface area contributed by atoms with Crippen LogP contribution in [0.2, 0.25) is 0 Å². The van der Waals surface area contributed by atoms with Crippen LogP contribution in [0, 0.1) is 13.8 Å². The van der Waals surface area contributed by atoms with Crippen LogP contribution in [0.25, 0.3) is 0 Å². The Bertz CT molecular complexity index is 419. The van der Waals surface area contributed by atoms with Gasteiger partial charge >= 0.3 is 0 Å². The second-order valence-electron chi connectivity index (χ2n) is 4.16. The SMILES string of the molecule is COC1CNCC1NC(=O)c1sc(C)nc1C. The van der Waals surface area contributed by atoms with Gasteiger partial charge in [-0.1, -0.05) is 0 Å². The molecule has 94 valence electrons. The van der Waals surface area contributed by atoms with Gasteiger partial charge in [0.2, 0.25) is 0 Å². The summed E-state index contributed by atoms with van der Waals surface area (Å²) in [6.07, 6.45) is 0.0493. The van der Waals surface area contributed by atoms with E-state index in [1.165, 1.54) is 11.3 Å². The van der Waals surface area contributed by atoms with Crippen LogP contribution in [0.15, 0.2) is 0 Å². The maximum absolute atomic E-state index is 12.1. The summed E-state index contributed by atoms with van der Waals surface area (Å²) in [7, 11) is 1.67. The minimum atomic E-state index is -0.0520. The molecule has 1 amide bonds. The summed E-state index contributed by atoms with van der Waals surface area (Å²) in [4.78, 5) is 17.0. The number of nitrogens with zero attached hydrogens (tertiary/aromatic N) is 1. The van der Waals surface area contributed by atoms with Crippen molar-refractivity contribution in [1.82, 2.24) is 15.6 Å². The molecule has 2 rings (SSSR count). The number of amides is 1. The third kappa shape index (κ3) is 2.65. The van der Waals surface area contributed by atoms with E-state index in [0.717, 1.165) is 23.8 Å². The molecule has 1 saturated heterocycles. The molecule has 1 aliphatic heterocycles. The van der Waals surface area contributed by atoms with Gasteiger partial charge in [0.1, 0.15) is 4.88 Å². The molecule has 0 saturated carbocycles. The van der Waals surface area contributed by atoms with Crippen LogP contribution in [0.4, 0.5) is 0 Å². The standard InChI is InChI=1S/C11H17N3O2S/c1-6-10(17-7(2)13-6)11(15)14-8-4-12-5-9(8)16-3/h8-9,12H,4-5H2,1-3H3,(H,14,15). The largest absolute Gasteiger partial charge is 0.378 e. The van der Waals surface area contributed by atoms with Gasteiger partial charge in [0.25, 0.3) is 5.91 Å². The molecule has 0 aromatic carbocycles. The second-order valence-corrected chi connectivity index (χ2v) is 5.36. The molecule has 17 heavy (non-hydrogen) atoms. The maximum atomic E-state index is 12.1. The molecule has 2 atom stereocenters. The molecule has 0 radical (unpaired) electrons. The van der Waals surface area contributed by atoms with Gasteiger partial charge in [-0.15, -0.1) is 11.3 Å². The monoisotopic (exact) mass is 255 g/mol. The van der Waals surface area contributed by atoms with E-state index in [4.69, 9.17) is 4.74 Å². The van der Waals surface area contributed by atoms with Crippen LogP contribution >= 0.6 is 11.3 Å². The van der Waals surface area contributed by atoms with E-state index < -0.39 is 0 Å². The highest BCUT2D eigenvalue weighted by molar-refractivity contribution is 7.13. The fourth-order valence-electron chi connectivity index (χ4n) is 2.02. The Kier molecular flexibility index (Phi) is 3.76. The van der Waals surface area contributed by atoms with Crippen LogP contribution < -0.4 is 10.6 Å². The summed E-state index contributed by atoms with van der Waals surface area (Å²) >= 11 is 1.43. The summed E-state index contributed by atoms with van der Waals surface area (Å²) < 4.78 is 5.31. The van der Waals surface area contributed by atoms with E-state index in [1.54, 1.807) is 7.11 Å². The maximum Gasteiger partial charge on any atom is 0.263 e. The number of ether oxygens (including phenoxy) is 1. The van der Waals surface area contributed by atoms with Crippen molar-refractivity contribution in [3.63, 3.8) is 0 Å². The van der Waals surface area contributed by atoms with Crippen molar-refractivity contribution < 1.29 is 9.53 Å². The summed E-state index contributed by atoms with van der Waals surface area (Å²) in [6.45, 7) is 5.30. The number of nitrogens with one attached hydrogen (secondary N) is 2. The number of hydrogen-bond donors (Lipinski definition) is 2. The lowest BCUT2D eigenvalue weighted by atomic mass is 10.2. The number of hydrogen-bond acceptors (Lipinski definition) is 5. The Morgan fingerprint density at radius 3 is 2.88 bits per heavy atom. The van der Waals surface area contributed by atoms with Gasteiger partial charge in [-0.3, -0.25) is 4.79 Å². The Morgan fingerprint density at radius 2 is 2.29 bits per heavy atom. The average Bonchev–Trinajstić information content (AvgIpc) is 2.84. The fourth-order valence-corrected chi connectivity index (χ4v) is 2.85. The fraction of sp³-hybridized carbons (Fsp3) is 0.636. The molecule has 2 unspecified atom stereocenters. The summed E-state index contributed by atoms with van der Waals surface area (Å²) in [5, 5.41) is 7.11. The Morgan fingerprint density at radius 1 is 1.53 bits per heavy atom. The lowest BCUT2D eigenvalue weighted by Gasteiger charge is -2.18. The number of carbonyl (C=O) groups is 1. The second kappa shape index (κ2) is 5.12. The Labute approximate surface area is 105 Å². The molecule has 0 bridgehead atoms. The zero-order chi connectivity index (χ0) is 12.4. The summed E-state index contributed by atoms with van der Waals surface area (Å²) in [6, 6.07) is 0.0364. The van der Waals surface area contributed by atoms with E-state index in [2.05, 4.69) is 15.6 Å². The minimum absolute atomic E-state index is 0.0364. The van der Waals surface area contributed by atoms with E-state index >= 15 is 0 Å². The molecule has 1 aliphatic rings. The van der Waals surface area contributed by atoms with E-state index in [1.807, 2.05) is 13.8 Å². The van der Waals surface area contributed by atoms with Crippen molar-refractivity contribution in [3.8, 4) is 0 Å². The molecule has 0 aliphatic carbocycles. The molecule has 5 nitrogen and oxygen atoms in total. The van der Waals surface area contributed by atoms with Crippen LogP contribution in [-0.2, 0) is 4.74 Å². The molecule has 1 fully saturated rings. The van der Waals surface area contributed by atoms with Gasteiger partial charge in [-0.2, -0.15) is 0 Å². The molecule has 0 spiro atoms. The van der Waals surface area contributed by atoms with Gasteiger partial charge in [0.05, 0.1) is 22.8 Å². The van der Waals surface area contributed by atoms with Gasteiger partial charge in [-0.05, 0) is 13.8 Å². The van der Waals surface area contributed by atoms with Gasteiger partial charge < -0.3 is 15.4 Å². The van der Waals surface area contributed by atoms with E-state index in [0.29, 0.717) is 4.88 Å². The van der Waals surface area contributed by atoms with E-state index in [-0.39, 0.29) is 18.1 Å². The Hall–Kier alpha value is -0.980. The van der Waals surface area contributed by atoms with Gasteiger partial charge in [0, 0.05) is 20.2 Å². The summed E-state index contributed by atoms with van der Waals surface area (Å²) in [5.74, 6) is -0.0520. The zero-order valence-corrected chi connectivity index (χ0v) is 11.1. The molecule has 2 heterocycles. The van der Waals surface area contributed by atoms with Crippen molar-refractivity contribution in [1.29, 1.82) is 0 Å². The Balaban J connectivity index is 2.04. The number of carbonyl (C=O) groups excluding carboxylic acids is 1.